The highest BCUT2D eigenvalue weighted by molar-refractivity contribution is 5.86. The van der Waals surface area contributed by atoms with Gasteiger partial charge in [0.05, 0.1) is 5.69 Å². The zero-order valence-corrected chi connectivity index (χ0v) is 14.7. The summed E-state index contributed by atoms with van der Waals surface area (Å²) in [4.78, 5) is 11.7. The quantitative estimate of drug-likeness (QED) is 0.484. The summed E-state index contributed by atoms with van der Waals surface area (Å²) in [6, 6.07) is 20.6. The van der Waals surface area contributed by atoms with Crippen LogP contribution < -0.4 is 34.7 Å². The normalized spacial score (nSPS) is 10.7. The average molecular weight is 390 g/mol. The first-order valence-electron chi connectivity index (χ1n) is 7.55. The summed E-state index contributed by atoms with van der Waals surface area (Å²) in [5, 5.41) is 0. The van der Waals surface area contributed by atoms with Crippen molar-refractivity contribution in [3.05, 3.63) is 72.9 Å². The van der Waals surface area contributed by atoms with E-state index >= 15 is 0 Å². The van der Waals surface area contributed by atoms with Crippen molar-refractivity contribution in [3.8, 4) is 22.4 Å². The Morgan fingerprint density at radius 2 is 1.26 bits per heavy atom. The topological polar surface area (TPSA) is 165 Å². The third-order valence-electron chi connectivity index (χ3n) is 3.55. The smallest absolute Gasteiger partial charge is 0.395 e. The number of halogens is 1. The molecule has 1 heterocycles. The van der Waals surface area contributed by atoms with Gasteiger partial charge in [-0.3, -0.25) is 5.73 Å². The molecule has 0 saturated carbocycles. The number of carbonyl (C=O) groups is 1. The van der Waals surface area contributed by atoms with Crippen molar-refractivity contribution in [2.75, 3.05) is 5.73 Å². The molecule has 0 aliphatic rings. The number of aromatic nitrogens is 1. The second kappa shape index (κ2) is 8.58. The Hall–Kier alpha value is -3.01. The zero-order chi connectivity index (χ0) is 20.0. The van der Waals surface area contributed by atoms with E-state index in [0.29, 0.717) is 11.4 Å². The summed E-state index contributed by atoms with van der Waals surface area (Å²) < 4.78 is 35.3. The molecule has 0 saturated heterocycles. The van der Waals surface area contributed by atoms with Gasteiger partial charge in [0.2, 0.25) is 0 Å². The maximum absolute atomic E-state index is 11.7. The average Bonchev–Trinajstić information content (AvgIpc) is 2.61. The number of amides is 1. The van der Waals surface area contributed by atoms with Crippen molar-refractivity contribution in [1.29, 1.82) is 0 Å². The van der Waals surface area contributed by atoms with Gasteiger partial charge in [-0.1, -0.05) is 60.7 Å². The van der Waals surface area contributed by atoms with Gasteiger partial charge in [0.15, 0.2) is 5.69 Å². The zero-order valence-electron chi connectivity index (χ0n) is 13.9. The molecule has 0 bridgehead atoms. The molecule has 3 aromatic rings. The van der Waals surface area contributed by atoms with E-state index in [1.54, 1.807) is 6.20 Å². The predicted octanol–water partition coefficient (Wildman–Crippen LogP) is -1.94. The third-order valence-corrected chi connectivity index (χ3v) is 3.55. The molecule has 0 radical (unpaired) electrons. The van der Waals surface area contributed by atoms with E-state index in [1.165, 1.54) is 4.57 Å². The Kier molecular flexibility index (Phi) is 6.45. The molecule has 0 aliphatic heterocycles. The molecule has 0 spiro atoms. The highest BCUT2D eigenvalue weighted by Gasteiger charge is 2.21. The fourth-order valence-electron chi connectivity index (χ4n) is 2.51. The summed E-state index contributed by atoms with van der Waals surface area (Å²) in [7, 11) is -4.94. The number of benzene rings is 2. The molecular formula is C18H16ClN3O5. The second-order valence-corrected chi connectivity index (χ2v) is 6.07. The van der Waals surface area contributed by atoms with Crippen LogP contribution in [0.5, 0.6) is 0 Å². The summed E-state index contributed by atoms with van der Waals surface area (Å²) in [6.07, 6.45) is 1.66. The van der Waals surface area contributed by atoms with Crippen LogP contribution in [0.25, 0.3) is 22.4 Å². The largest absolute Gasteiger partial charge is 0.494 e. The van der Waals surface area contributed by atoms with Crippen LogP contribution in [-0.4, -0.2) is 6.03 Å². The molecule has 0 aliphatic carbocycles. The van der Waals surface area contributed by atoms with Gasteiger partial charge in [-0.25, -0.2) is 18.6 Å². The van der Waals surface area contributed by atoms with Crippen molar-refractivity contribution in [1.82, 2.24) is 0 Å². The Morgan fingerprint density at radius 3 is 1.70 bits per heavy atom. The van der Waals surface area contributed by atoms with Crippen LogP contribution >= 0.6 is 0 Å². The Balaban J connectivity index is 0.000000465. The molecule has 0 fully saturated rings. The van der Waals surface area contributed by atoms with Crippen LogP contribution in [-0.2, 0) is 0 Å². The maximum atomic E-state index is 11.7. The summed E-state index contributed by atoms with van der Waals surface area (Å²) >= 11 is 0. The van der Waals surface area contributed by atoms with Crippen LogP contribution in [0.15, 0.2) is 72.9 Å². The van der Waals surface area contributed by atoms with Crippen molar-refractivity contribution in [3.63, 3.8) is 0 Å². The van der Waals surface area contributed by atoms with E-state index in [4.69, 9.17) is 30.1 Å². The van der Waals surface area contributed by atoms with E-state index in [2.05, 4.69) is 0 Å². The Labute approximate surface area is 157 Å². The Bertz CT molecular complexity index is 910. The number of pyridine rings is 1. The number of hydrogen-bond acceptors (Lipinski definition) is 6. The van der Waals surface area contributed by atoms with E-state index in [1.807, 2.05) is 66.7 Å². The monoisotopic (exact) mass is 389 g/mol. The van der Waals surface area contributed by atoms with Gasteiger partial charge >= 0.3 is 6.03 Å². The molecule has 9 heteroatoms. The van der Waals surface area contributed by atoms with Crippen molar-refractivity contribution in [2.24, 2.45) is 5.73 Å². The van der Waals surface area contributed by atoms with Gasteiger partial charge in [0.1, 0.15) is 6.20 Å². The van der Waals surface area contributed by atoms with Crippen LogP contribution in [0.2, 0.25) is 0 Å². The van der Waals surface area contributed by atoms with Crippen LogP contribution in [0.1, 0.15) is 0 Å². The van der Waals surface area contributed by atoms with E-state index in [9.17, 15) is 4.79 Å². The minimum absolute atomic E-state index is 0.527. The Morgan fingerprint density at radius 1 is 0.815 bits per heavy atom. The van der Waals surface area contributed by atoms with Gasteiger partial charge in [0, 0.05) is 11.1 Å². The summed E-state index contributed by atoms with van der Waals surface area (Å²) in [5.41, 5.74) is 15.7. The number of nitrogens with zero attached hydrogens (tertiary/aromatic N) is 1. The number of anilines is 1. The molecule has 0 atom stereocenters. The predicted molar refractivity (Wildman–Crippen MR) is 86.9 cm³/mol. The molecule has 27 heavy (non-hydrogen) atoms. The number of primary amides is 1. The lowest BCUT2D eigenvalue weighted by Crippen LogP contribution is -2.68. The van der Waals surface area contributed by atoms with Crippen LogP contribution in [0, 0.1) is 10.2 Å². The molecule has 3 rings (SSSR count). The molecule has 1 aromatic heterocycles. The van der Waals surface area contributed by atoms with Crippen LogP contribution in [0.3, 0.4) is 0 Å². The third kappa shape index (κ3) is 5.74. The fraction of sp³-hybridized carbons (Fsp3) is 0. The molecule has 8 nitrogen and oxygen atoms in total. The number of nitrogen functional groups attached to an aromatic ring is 1. The molecule has 2 aromatic carbocycles. The van der Waals surface area contributed by atoms with Gasteiger partial charge in [-0.2, -0.15) is 9.36 Å². The molecule has 1 amide bonds. The first-order valence-corrected chi connectivity index (χ1v) is 8.78. The number of rotatable bonds is 2. The molecular weight excluding hydrogens is 374 g/mol. The summed E-state index contributed by atoms with van der Waals surface area (Å²) in [5.74, 6) is 0. The number of carbonyl (C=O) groups excluding carboxylic acids is 1. The lowest BCUT2D eigenvalue weighted by atomic mass is 10.0. The number of nitrogens with two attached hydrogens (primary N) is 2. The van der Waals surface area contributed by atoms with Gasteiger partial charge in [-0.05, 0) is 11.6 Å². The van der Waals surface area contributed by atoms with Gasteiger partial charge < -0.3 is 5.73 Å². The van der Waals surface area contributed by atoms with E-state index in [-0.39, 0.29) is 0 Å². The minimum atomic E-state index is -4.94. The first kappa shape index (κ1) is 20.3. The highest BCUT2D eigenvalue weighted by atomic mass is 35.7. The molecule has 0 unspecified atom stereocenters. The maximum Gasteiger partial charge on any atom is 0.494 e. The van der Waals surface area contributed by atoms with Crippen molar-refractivity contribution in [2.45, 2.75) is 0 Å². The lowest BCUT2D eigenvalue weighted by Gasteiger charge is -2.17. The SMILES string of the molecule is NC(=O)[n+]1ccc(-c2ccccc2)c(N)c1-c1ccccc1.[O-][Cl+3]([O-])([O-])[O-]. The first-order chi connectivity index (χ1) is 12.7. The minimum Gasteiger partial charge on any atom is -0.395 e. The molecule has 140 valence electrons. The molecule has 4 N–H and O–H groups in total. The summed E-state index contributed by atoms with van der Waals surface area (Å²) in [6.45, 7) is 0. The highest BCUT2D eigenvalue weighted by Crippen LogP contribution is 2.31. The van der Waals surface area contributed by atoms with Gasteiger partial charge in [0.25, 0.3) is 0 Å². The lowest BCUT2D eigenvalue weighted by molar-refractivity contribution is -2.00. The van der Waals surface area contributed by atoms with Gasteiger partial charge in [-0.15, -0.1) is 10.2 Å². The van der Waals surface area contributed by atoms with Crippen molar-refractivity contribution < 1.29 is 38.2 Å². The second-order valence-electron chi connectivity index (χ2n) is 5.31. The van der Waals surface area contributed by atoms with Crippen LogP contribution in [0.4, 0.5) is 10.5 Å². The van der Waals surface area contributed by atoms with E-state index in [0.717, 1.165) is 16.7 Å². The van der Waals surface area contributed by atoms with E-state index < -0.39 is 16.3 Å². The van der Waals surface area contributed by atoms with Crippen molar-refractivity contribution >= 4 is 11.7 Å². The standard InChI is InChI=1S/C18H15N3O.ClHO4/c19-16-15(13-7-3-1-4-8-13)11-12-21(18(20)22)17(16)14-9-5-2-6-10-14;2-1(3,4)5/h1-12H,19H2,(H-,20,22);(H,2,3,4,5). The fourth-order valence-corrected chi connectivity index (χ4v) is 2.51. The number of hydrogen-bond donors (Lipinski definition) is 2.